The van der Waals surface area contributed by atoms with Crippen molar-refractivity contribution in [3.63, 3.8) is 0 Å². The average molecular weight is 325 g/mol. The van der Waals surface area contributed by atoms with E-state index in [4.69, 9.17) is 0 Å². The molecule has 1 heterocycles. The van der Waals surface area contributed by atoms with Crippen LogP contribution in [-0.4, -0.2) is 29.7 Å². The average Bonchev–Trinajstić information content (AvgIpc) is 2.54. The highest BCUT2D eigenvalue weighted by molar-refractivity contribution is 9.10. The van der Waals surface area contributed by atoms with Crippen molar-refractivity contribution in [3.8, 4) is 0 Å². The van der Waals surface area contributed by atoms with Crippen LogP contribution in [0, 0.1) is 0 Å². The molecule has 1 rings (SSSR count). The highest BCUT2D eigenvalue weighted by atomic mass is 79.9. The molecule has 0 saturated carbocycles. The van der Waals surface area contributed by atoms with E-state index in [0.29, 0.717) is 4.47 Å². The number of rotatable bonds is 5. The van der Waals surface area contributed by atoms with Gasteiger partial charge in [-0.15, -0.1) is 0 Å². The minimum absolute atomic E-state index is 0.0199. The van der Waals surface area contributed by atoms with Gasteiger partial charge in [-0.25, -0.2) is 8.42 Å². The van der Waals surface area contributed by atoms with Crippen LogP contribution in [0.4, 0.5) is 0 Å². The van der Waals surface area contributed by atoms with Crippen molar-refractivity contribution in [1.82, 2.24) is 9.78 Å². The molecule has 0 amide bonds. The molecule has 7 heteroatoms. The number of hydrogen-bond acceptors (Lipinski definition) is 3. The lowest BCUT2D eigenvalue weighted by molar-refractivity contribution is 0.574. The summed E-state index contributed by atoms with van der Waals surface area (Å²) in [5.41, 5.74) is 0.587. The maximum atomic E-state index is 11.8. The van der Waals surface area contributed by atoms with Gasteiger partial charge < -0.3 is 0 Å². The van der Waals surface area contributed by atoms with E-state index >= 15 is 0 Å². The van der Waals surface area contributed by atoms with Gasteiger partial charge in [0, 0.05) is 5.75 Å². The third-order valence-corrected chi connectivity index (χ3v) is 5.02. The zero-order valence-electron chi connectivity index (χ0n) is 10.2. The molecule has 17 heavy (non-hydrogen) atoms. The van der Waals surface area contributed by atoms with Crippen molar-refractivity contribution < 1.29 is 8.42 Å². The van der Waals surface area contributed by atoms with E-state index in [9.17, 15) is 13.2 Å². The first-order chi connectivity index (χ1) is 7.78. The molecule has 0 fully saturated rings. The van der Waals surface area contributed by atoms with Gasteiger partial charge >= 0.3 is 0 Å². The molecule has 0 spiro atoms. The van der Waals surface area contributed by atoms with Crippen molar-refractivity contribution in [2.24, 2.45) is 0 Å². The number of aryl methyl sites for hydroxylation is 1. The summed E-state index contributed by atoms with van der Waals surface area (Å²) < 4.78 is 24.6. The Morgan fingerprint density at radius 3 is 2.41 bits per heavy atom. The summed E-state index contributed by atoms with van der Waals surface area (Å²) in [5.74, 6) is 0.260. The number of sulfone groups is 1. The summed E-state index contributed by atoms with van der Waals surface area (Å²) in [4.78, 5) is 11.8. The Morgan fingerprint density at radius 2 is 2.00 bits per heavy atom. The van der Waals surface area contributed by atoms with Crippen molar-refractivity contribution in [2.75, 3.05) is 11.5 Å². The number of H-pyrrole nitrogens is 1. The maximum absolute atomic E-state index is 11.8. The monoisotopic (exact) mass is 324 g/mol. The predicted octanol–water partition coefficient (Wildman–Crippen LogP) is 1.50. The normalized spacial score (nSPS) is 12.3. The Labute approximate surface area is 109 Å². The molecule has 0 unspecified atom stereocenters. The Morgan fingerprint density at radius 1 is 1.41 bits per heavy atom. The third-order valence-electron chi connectivity index (χ3n) is 2.57. The summed E-state index contributed by atoms with van der Waals surface area (Å²) in [7, 11) is -3.05. The molecule has 0 aliphatic carbocycles. The Bertz CT molecular complexity index is 542. The van der Waals surface area contributed by atoms with E-state index in [1.54, 1.807) is 6.92 Å². The molecule has 0 aliphatic heterocycles. The van der Waals surface area contributed by atoms with Crippen LogP contribution >= 0.6 is 15.9 Å². The molecule has 1 N–H and O–H groups in total. The molecule has 98 valence electrons. The smallest absolute Gasteiger partial charge is 0.281 e. The molecule has 0 atom stereocenters. The van der Waals surface area contributed by atoms with Crippen LogP contribution in [0.1, 0.15) is 32.4 Å². The molecule has 5 nitrogen and oxygen atoms in total. The van der Waals surface area contributed by atoms with Gasteiger partial charge in [0.1, 0.15) is 4.47 Å². The van der Waals surface area contributed by atoms with Gasteiger partial charge in [0.15, 0.2) is 9.84 Å². The number of hydrogen-bond donors (Lipinski definition) is 1. The second-order valence-corrected chi connectivity index (χ2v) is 7.45. The molecule has 1 aromatic heterocycles. The van der Waals surface area contributed by atoms with Crippen LogP contribution in [0.5, 0.6) is 0 Å². The van der Waals surface area contributed by atoms with Crippen LogP contribution in [-0.2, 0) is 16.4 Å². The number of aromatic amines is 1. The number of aromatic nitrogens is 2. The lowest BCUT2D eigenvalue weighted by Crippen LogP contribution is -2.23. The molecule has 0 aromatic carbocycles. The summed E-state index contributed by atoms with van der Waals surface area (Å²) in [5, 5.41) is 2.94. The summed E-state index contributed by atoms with van der Waals surface area (Å²) in [6, 6.07) is 0. The summed E-state index contributed by atoms with van der Waals surface area (Å²) >= 11 is 3.23. The number of halogens is 1. The van der Waals surface area contributed by atoms with Crippen LogP contribution in [0.15, 0.2) is 9.27 Å². The van der Waals surface area contributed by atoms with Gasteiger partial charge in [0.05, 0.1) is 18.0 Å². The second-order valence-electron chi connectivity index (χ2n) is 4.19. The lowest BCUT2D eigenvalue weighted by atomic mass is 10.1. The van der Waals surface area contributed by atoms with Crippen molar-refractivity contribution in [3.05, 3.63) is 20.5 Å². The zero-order chi connectivity index (χ0) is 13.2. The largest absolute Gasteiger partial charge is 0.298 e. The molecular weight excluding hydrogens is 308 g/mol. The van der Waals surface area contributed by atoms with E-state index in [0.717, 1.165) is 5.69 Å². The fourth-order valence-corrected chi connectivity index (χ4v) is 2.90. The molecule has 0 aliphatic rings. The van der Waals surface area contributed by atoms with Crippen molar-refractivity contribution in [2.45, 2.75) is 33.2 Å². The van der Waals surface area contributed by atoms with Crippen molar-refractivity contribution in [1.29, 1.82) is 0 Å². The first-order valence-electron chi connectivity index (χ1n) is 5.47. The molecule has 0 saturated heterocycles. The third kappa shape index (κ3) is 3.45. The van der Waals surface area contributed by atoms with Gasteiger partial charge in [-0.05, 0) is 21.8 Å². The maximum Gasteiger partial charge on any atom is 0.281 e. The number of nitrogens with one attached hydrogen (secondary N) is 1. The van der Waals surface area contributed by atoms with E-state index in [-0.39, 0.29) is 29.5 Å². The van der Waals surface area contributed by atoms with E-state index in [1.165, 1.54) is 4.68 Å². The Hall–Kier alpha value is -0.560. The predicted molar refractivity (Wildman–Crippen MR) is 71.2 cm³/mol. The first-order valence-corrected chi connectivity index (χ1v) is 8.08. The molecular formula is C10H17BrN2O3S. The highest BCUT2D eigenvalue weighted by Crippen LogP contribution is 2.18. The fourth-order valence-electron chi connectivity index (χ4n) is 1.39. The van der Waals surface area contributed by atoms with Crippen molar-refractivity contribution >= 4 is 25.8 Å². The van der Waals surface area contributed by atoms with Crippen LogP contribution in [0.3, 0.4) is 0 Å². The minimum Gasteiger partial charge on any atom is -0.298 e. The number of nitrogens with zero attached hydrogens (tertiary/aromatic N) is 1. The van der Waals surface area contributed by atoms with Gasteiger partial charge in [-0.3, -0.25) is 14.6 Å². The van der Waals surface area contributed by atoms with Gasteiger partial charge in [0.2, 0.25) is 0 Å². The SMILES string of the molecule is CCS(=O)(=O)CCn1[nH]c(C(C)C)c(Br)c1=O. The van der Waals surface area contributed by atoms with E-state index < -0.39 is 9.84 Å². The quantitative estimate of drug-likeness (QED) is 0.892. The zero-order valence-corrected chi connectivity index (χ0v) is 12.6. The Kier molecular flexibility index (Phi) is 4.60. The van der Waals surface area contributed by atoms with E-state index in [2.05, 4.69) is 21.0 Å². The highest BCUT2D eigenvalue weighted by Gasteiger charge is 2.15. The first kappa shape index (κ1) is 14.5. The standard InChI is InChI=1S/C10H17BrN2O3S/c1-4-17(15,16)6-5-13-10(14)8(11)9(12-13)7(2)3/h7,12H,4-6H2,1-3H3. The second kappa shape index (κ2) is 5.39. The van der Waals surface area contributed by atoms with Gasteiger partial charge in [0.25, 0.3) is 5.56 Å². The topological polar surface area (TPSA) is 71.9 Å². The van der Waals surface area contributed by atoms with Gasteiger partial charge in [-0.1, -0.05) is 20.8 Å². The Balaban J connectivity index is 2.94. The van der Waals surface area contributed by atoms with Crippen LogP contribution in [0.25, 0.3) is 0 Å². The van der Waals surface area contributed by atoms with Crippen LogP contribution in [0.2, 0.25) is 0 Å². The van der Waals surface area contributed by atoms with Crippen LogP contribution < -0.4 is 5.56 Å². The summed E-state index contributed by atoms with van der Waals surface area (Å²) in [6.07, 6.45) is 0. The molecule has 0 bridgehead atoms. The minimum atomic E-state index is -3.05. The lowest BCUT2D eigenvalue weighted by Gasteiger charge is -2.03. The molecule has 0 radical (unpaired) electrons. The van der Waals surface area contributed by atoms with Gasteiger partial charge in [-0.2, -0.15) is 0 Å². The molecule has 1 aromatic rings. The fraction of sp³-hybridized carbons (Fsp3) is 0.700. The summed E-state index contributed by atoms with van der Waals surface area (Å²) in [6.45, 7) is 5.69. The van der Waals surface area contributed by atoms with E-state index in [1.807, 2.05) is 13.8 Å².